The average Bonchev–Trinajstić information content (AvgIpc) is 3.13. The third-order valence-corrected chi connectivity index (χ3v) is 4.56. The minimum atomic E-state index is -0.426. The molecule has 0 bridgehead atoms. The number of hydrogen-bond donors (Lipinski definition) is 0. The molecule has 0 aliphatic heterocycles. The van der Waals surface area contributed by atoms with E-state index in [1.807, 2.05) is 44.2 Å². The summed E-state index contributed by atoms with van der Waals surface area (Å²) < 4.78 is 17.2. The Morgan fingerprint density at radius 2 is 1.93 bits per heavy atom. The van der Waals surface area contributed by atoms with Crippen LogP contribution in [0.15, 0.2) is 65.6 Å². The van der Waals surface area contributed by atoms with Crippen molar-refractivity contribution in [3.63, 3.8) is 0 Å². The Labute approximate surface area is 165 Å². The highest BCUT2D eigenvalue weighted by molar-refractivity contribution is 5.84. The second-order valence-corrected chi connectivity index (χ2v) is 7.59. The zero-order valence-corrected chi connectivity index (χ0v) is 16.7. The van der Waals surface area contributed by atoms with E-state index in [-0.39, 0.29) is 12.0 Å². The number of aryl methyl sites for hydroxylation is 1. The zero-order valence-electron chi connectivity index (χ0n) is 16.7. The maximum Gasteiger partial charge on any atom is 0.330 e. The van der Waals surface area contributed by atoms with E-state index in [1.54, 1.807) is 0 Å². The first-order chi connectivity index (χ1) is 13.4. The van der Waals surface area contributed by atoms with Crippen LogP contribution in [0.4, 0.5) is 0 Å². The highest BCUT2D eigenvalue weighted by atomic mass is 16.5. The predicted molar refractivity (Wildman–Crippen MR) is 111 cm³/mol. The van der Waals surface area contributed by atoms with Gasteiger partial charge >= 0.3 is 5.97 Å². The standard InChI is InChI=1S/C24H26O4/c1-5-17-9-7-8-10-20(17)22-13-18-11-12-19(14-21(18)28-22)26-15-24(3,4)16-27-23(25)6-2/h6-14H,2,5,15-16H2,1,3-4H3. The Bertz CT molecular complexity index is 981. The van der Waals surface area contributed by atoms with Gasteiger partial charge in [-0.1, -0.05) is 51.6 Å². The molecule has 146 valence electrons. The van der Waals surface area contributed by atoms with Crippen LogP contribution in [0.25, 0.3) is 22.3 Å². The van der Waals surface area contributed by atoms with Gasteiger partial charge in [0.2, 0.25) is 0 Å². The van der Waals surface area contributed by atoms with Gasteiger partial charge < -0.3 is 13.9 Å². The molecule has 28 heavy (non-hydrogen) atoms. The van der Waals surface area contributed by atoms with E-state index in [0.29, 0.717) is 6.61 Å². The molecule has 4 heteroatoms. The fraction of sp³-hybridized carbons (Fsp3) is 0.292. The molecule has 0 atom stereocenters. The summed E-state index contributed by atoms with van der Waals surface area (Å²) in [4.78, 5) is 11.3. The quantitative estimate of drug-likeness (QED) is 0.367. The van der Waals surface area contributed by atoms with Crippen LogP contribution < -0.4 is 4.74 Å². The number of ether oxygens (including phenoxy) is 2. The lowest BCUT2D eigenvalue weighted by Crippen LogP contribution is -2.28. The van der Waals surface area contributed by atoms with Gasteiger partial charge in [-0.2, -0.15) is 0 Å². The number of carbonyl (C=O) groups is 1. The maximum atomic E-state index is 11.3. The van der Waals surface area contributed by atoms with Crippen LogP contribution in [-0.4, -0.2) is 19.2 Å². The molecule has 0 aliphatic rings. The van der Waals surface area contributed by atoms with Crippen molar-refractivity contribution in [1.29, 1.82) is 0 Å². The molecule has 0 aliphatic carbocycles. The highest BCUT2D eigenvalue weighted by Gasteiger charge is 2.21. The van der Waals surface area contributed by atoms with Gasteiger partial charge in [0.25, 0.3) is 0 Å². The van der Waals surface area contributed by atoms with Gasteiger partial charge in [0, 0.05) is 28.5 Å². The van der Waals surface area contributed by atoms with Gasteiger partial charge in [0.15, 0.2) is 0 Å². The zero-order chi connectivity index (χ0) is 20.1. The second kappa shape index (κ2) is 8.34. The summed E-state index contributed by atoms with van der Waals surface area (Å²) in [5.74, 6) is 1.16. The molecule has 0 saturated heterocycles. The van der Waals surface area contributed by atoms with Crippen molar-refractivity contribution in [3.8, 4) is 17.1 Å². The summed E-state index contributed by atoms with van der Waals surface area (Å²) in [6.45, 7) is 10.2. The molecule has 0 N–H and O–H groups in total. The summed E-state index contributed by atoms with van der Waals surface area (Å²) in [6, 6.07) is 16.2. The largest absolute Gasteiger partial charge is 0.493 e. The molecule has 4 nitrogen and oxygen atoms in total. The fourth-order valence-electron chi connectivity index (χ4n) is 2.95. The minimum Gasteiger partial charge on any atom is -0.493 e. The van der Waals surface area contributed by atoms with E-state index in [1.165, 1.54) is 5.56 Å². The van der Waals surface area contributed by atoms with Crippen LogP contribution in [0.1, 0.15) is 26.3 Å². The van der Waals surface area contributed by atoms with Crippen LogP contribution in [0, 0.1) is 5.41 Å². The van der Waals surface area contributed by atoms with Crippen molar-refractivity contribution in [1.82, 2.24) is 0 Å². The lowest BCUT2D eigenvalue weighted by Gasteiger charge is -2.23. The van der Waals surface area contributed by atoms with Gasteiger partial charge in [-0.15, -0.1) is 0 Å². The second-order valence-electron chi connectivity index (χ2n) is 7.59. The molecule has 1 heterocycles. The van der Waals surface area contributed by atoms with Crippen LogP contribution in [0.3, 0.4) is 0 Å². The van der Waals surface area contributed by atoms with Crippen molar-refractivity contribution in [2.24, 2.45) is 5.41 Å². The maximum absolute atomic E-state index is 11.3. The van der Waals surface area contributed by atoms with Crippen molar-refractivity contribution in [2.45, 2.75) is 27.2 Å². The number of fused-ring (bicyclic) bond motifs is 1. The van der Waals surface area contributed by atoms with E-state index in [0.717, 1.165) is 40.5 Å². The van der Waals surface area contributed by atoms with Crippen LogP contribution in [-0.2, 0) is 16.0 Å². The molecule has 0 fully saturated rings. The number of esters is 1. The molecule has 2 aromatic carbocycles. The highest BCUT2D eigenvalue weighted by Crippen LogP contribution is 2.32. The average molecular weight is 378 g/mol. The number of rotatable bonds is 8. The Kier molecular flexibility index (Phi) is 5.88. The van der Waals surface area contributed by atoms with Gasteiger partial charge in [0.1, 0.15) is 17.1 Å². The first-order valence-corrected chi connectivity index (χ1v) is 9.46. The summed E-state index contributed by atoms with van der Waals surface area (Å²) in [7, 11) is 0. The Balaban J connectivity index is 1.74. The summed E-state index contributed by atoms with van der Waals surface area (Å²) in [5.41, 5.74) is 2.85. The molecule has 0 spiro atoms. The summed E-state index contributed by atoms with van der Waals surface area (Å²) in [6.07, 6.45) is 2.11. The number of carbonyl (C=O) groups excluding carboxylic acids is 1. The smallest absolute Gasteiger partial charge is 0.330 e. The molecule has 0 saturated carbocycles. The van der Waals surface area contributed by atoms with E-state index < -0.39 is 5.97 Å². The topological polar surface area (TPSA) is 48.7 Å². The van der Waals surface area contributed by atoms with Crippen LogP contribution in [0.5, 0.6) is 5.75 Å². The molecule has 3 aromatic rings. The number of hydrogen-bond acceptors (Lipinski definition) is 4. The lowest BCUT2D eigenvalue weighted by atomic mass is 9.96. The van der Waals surface area contributed by atoms with Crippen molar-refractivity contribution >= 4 is 16.9 Å². The summed E-state index contributed by atoms with van der Waals surface area (Å²) >= 11 is 0. The number of furan rings is 1. The molecule has 0 amide bonds. The molecular formula is C24H26O4. The van der Waals surface area contributed by atoms with Gasteiger partial charge in [-0.3, -0.25) is 0 Å². The number of benzene rings is 2. The third kappa shape index (κ3) is 4.63. The Morgan fingerprint density at radius 1 is 1.14 bits per heavy atom. The Hall–Kier alpha value is -3.01. The van der Waals surface area contributed by atoms with Gasteiger partial charge in [-0.05, 0) is 30.2 Å². The third-order valence-electron chi connectivity index (χ3n) is 4.56. The SMILES string of the molecule is C=CC(=O)OCC(C)(C)COc1ccc2cc(-c3ccccc3CC)oc2c1. The van der Waals surface area contributed by atoms with E-state index in [2.05, 4.69) is 31.7 Å². The first-order valence-electron chi connectivity index (χ1n) is 9.46. The summed E-state index contributed by atoms with van der Waals surface area (Å²) in [5, 5.41) is 1.03. The van der Waals surface area contributed by atoms with Crippen molar-refractivity contribution in [2.75, 3.05) is 13.2 Å². The molecule has 0 radical (unpaired) electrons. The first kappa shape index (κ1) is 19.7. The van der Waals surface area contributed by atoms with Gasteiger partial charge in [0.05, 0.1) is 13.2 Å². The monoisotopic (exact) mass is 378 g/mol. The van der Waals surface area contributed by atoms with Crippen LogP contribution in [0.2, 0.25) is 0 Å². The van der Waals surface area contributed by atoms with E-state index >= 15 is 0 Å². The fourth-order valence-corrected chi connectivity index (χ4v) is 2.95. The van der Waals surface area contributed by atoms with E-state index in [4.69, 9.17) is 13.9 Å². The lowest BCUT2D eigenvalue weighted by molar-refractivity contribution is -0.141. The van der Waals surface area contributed by atoms with Crippen LogP contribution >= 0.6 is 0 Å². The molecular weight excluding hydrogens is 352 g/mol. The Morgan fingerprint density at radius 3 is 2.68 bits per heavy atom. The van der Waals surface area contributed by atoms with Gasteiger partial charge in [-0.25, -0.2) is 4.79 Å². The van der Waals surface area contributed by atoms with E-state index in [9.17, 15) is 4.79 Å². The molecule has 0 unspecified atom stereocenters. The minimum absolute atomic E-state index is 0.263. The molecule has 1 aromatic heterocycles. The molecule has 3 rings (SSSR count). The van der Waals surface area contributed by atoms with Crippen molar-refractivity contribution in [3.05, 3.63) is 66.7 Å². The normalized spacial score (nSPS) is 11.4. The predicted octanol–water partition coefficient (Wildman–Crippen LogP) is 5.80. The van der Waals surface area contributed by atoms with Crippen molar-refractivity contribution < 1.29 is 18.7 Å².